The molecule has 0 bridgehead atoms. The van der Waals surface area contributed by atoms with Gasteiger partial charge in [0, 0.05) is 12.3 Å². The first-order chi connectivity index (χ1) is 9.17. The number of rotatable bonds is 3. The summed E-state index contributed by atoms with van der Waals surface area (Å²) in [6, 6.07) is 4.52. The summed E-state index contributed by atoms with van der Waals surface area (Å²) in [6.07, 6.45) is 4.48. The van der Waals surface area contributed by atoms with Gasteiger partial charge in [-0.2, -0.15) is 0 Å². The van der Waals surface area contributed by atoms with Gasteiger partial charge in [-0.3, -0.25) is 4.98 Å². The number of aromatic nitrogens is 2. The molecule has 2 aromatic heterocycles. The average molecular weight is 279 g/mol. The lowest BCUT2D eigenvalue weighted by atomic mass is 10.4. The lowest BCUT2D eigenvalue weighted by Crippen LogP contribution is -2.19. The Morgan fingerprint density at radius 3 is 2.63 bits per heavy atom. The van der Waals surface area contributed by atoms with Gasteiger partial charge < -0.3 is 15.4 Å². The van der Waals surface area contributed by atoms with Crippen LogP contribution in [-0.4, -0.2) is 23.1 Å². The van der Waals surface area contributed by atoms with Crippen molar-refractivity contribution in [3.8, 4) is 5.88 Å². The van der Waals surface area contributed by atoms with Crippen molar-refractivity contribution in [2.45, 2.75) is 0 Å². The van der Waals surface area contributed by atoms with Gasteiger partial charge in [0.1, 0.15) is 0 Å². The molecule has 2 heterocycles. The maximum atomic E-state index is 11.7. The predicted molar refractivity (Wildman–Crippen MR) is 72.7 cm³/mol. The number of nitrogens with zero attached hydrogens (tertiary/aromatic N) is 2. The first-order valence-electron chi connectivity index (χ1n) is 5.36. The highest BCUT2D eigenvalue weighted by molar-refractivity contribution is 6.30. The number of urea groups is 1. The zero-order valence-electron chi connectivity index (χ0n) is 10.1. The van der Waals surface area contributed by atoms with Crippen LogP contribution < -0.4 is 15.4 Å². The van der Waals surface area contributed by atoms with E-state index in [1.165, 1.54) is 25.7 Å². The Morgan fingerprint density at radius 1 is 1.21 bits per heavy atom. The number of hydrogen-bond donors (Lipinski definition) is 2. The van der Waals surface area contributed by atoms with Gasteiger partial charge in [0.05, 0.1) is 35.9 Å². The van der Waals surface area contributed by atoms with E-state index in [2.05, 4.69) is 20.6 Å². The van der Waals surface area contributed by atoms with E-state index < -0.39 is 6.03 Å². The number of hydrogen-bond acceptors (Lipinski definition) is 4. The van der Waals surface area contributed by atoms with Crippen LogP contribution in [0.4, 0.5) is 16.2 Å². The molecule has 0 saturated heterocycles. The largest absolute Gasteiger partial charge is 0.481 e. The third-order valence-electron chi connectivity index (χ3n) is 2.17. The van der Waals surface area contributed by atoms with Crippen LogP contribution in [0.25, 0.3) is 0 Å². The van der Waals surface area contributed by atoms with E-state index in [1.807, 2.05) is 0 Å². The van der Waals surface area contributed by atoms with Crippen molar-refractivity contribution in [3.05, 3.63) is 41.8 Å². The van der Waals surface area contributed by atoms with Gasteiger partial charge in [0.25, 0.3) is 0 Å². The molecule has 2 amide bonds. The van der Waals surface area contributed by atoms with Crippen molar-refractivity contribution in [2.75, 3.05) is 17.7 Å². The molecular weight excluding hydrogens is 268 g/mol. The Hall–Kier alpha value is -2.34. The van der Waals surface area contributed by atoms with E-state index in [0.717, 1.165) is 0 Å². The Kier molecular flexibility index (Phi) is 4.15. The first kappa shape index (κ1) is 13.1. The molecule has 2 aromatic rings. The summed E-state index contributed by atoms with van der Waals surface area (Å²) in [5.74, 6) is 0.477. The molecule has 19 heavy (non-hydrogen) atoms. The average Bonchev–Trinajstić information content (AvgIpc) is 2.39. The predicted octanol–water partition coefficient (Wildman–Crippen LogP) is 2.78. The Balaban J connectivity index is 1.97. The highest BCUT2D eigenvalue weighted by Gasteiger charge is 2.04. The van der Waals surface area contributed by atoms with E-state index in [1.54, 1.807) is 18.2 Å². The Labute approximate surface area is 114 Å². The highest BCUT2D eigenvalue weighted by Crippen LogP contribution is 2.14. The summed E-state index contributed by atoms with van der Waals surface area (Å²) in [5, 5.41) is 5.67. The number of pyridine rings is 2. The molecular formula is C12H11ClN4O2. The van der Waals surface area contributed by atoms with Crippen molar-refractivity contribution in [3.63, 3.8) is 0 Å². The molecule has 0 spiro atoms. The Bertz CT molecular complexity index is 574. The van der Waals surface area contributed by atoms with Crippen LogP contribution in [0.1, 0.15) is 0 Å². The standard InChI is InChI=1S/C12H11ClN4O2/c1-19-11-3-2-9(7-15-11)16-12(18)17-10-4-8(13)5-14-6-10/h2-7H,1H3,(H2,16,17,18). The van der Waals surface area contributed by atoms with E-state index in [9.17, 15) is 4.79 Å². The molecule has 0 fully saturated rings. The quantitative estimate of drug-likeness (QED) is 0.905. The zero-order valence-corrected chi connectivity index (χ0v) is 10.8. The van der Waals surface area contributed by atoms with Crippen LogP contribution in [0.5, 0.6) is 5.88 Å². The van der Waals surface area contributed by atoms with Gasteiger partial charge in [-0.25, -0.2) is 9.78 Å². The lowest BCUT2D eigenvalue weighted by molar-refractivity contribution is 0.262. The monoisotopic (exact) mass is 278 g/mol. The van der Waals surface area contributed by atoms with Crippen molar-refractivity contribution in [2.24, 2.45) is 0 Å². The van der Waals surface area contributed by atoms with Gasteiger partial charge >= 0.3 is 6.03 Å². The molecule has 0 aliphatic rings. The first-order valence-corrected chi connectivity index (χ1v) is 5.74. The molecule has 0 unspecified atom stereocenters. The molecule has 7 heteroatoms. The summed E-state index contributed by atoms with van der Waals surface area (Å²) < 4.78 is 4.92. The number of carbonyl (C=O) groups is 1. The summed E-state index contributed by atoms with van der Waals surface area (Å²) >= 11 is 5.76. The van der Waals surface area contributed by atoms with E-state index in [-0.39, 0.29) is 0 Å². The zero-order chi connectivity index (χ0) is 13.7. The molecule has 6 nitrogen and oxygen atoms in total. The third-order valence-corrected chi connectivity index (χ3v) is 2.37. The smallest absolute Gasteiger partial charge is 0.323 e. The number of halogens is 1. The summed E-state index contributed by atoms with van der Waals surface area (Å²) in [4.78, 5) is 19.5. The van der Waals surface area contributed by atoms with Crippen molar-refractivity contribution in [1.82, 2.24) is 9.97 Å². The molecule has 2 N–H and O–H groups in total. The number of carbonyl (C=O) groups excluding carboxylic acids is 1. The van der Waals surface area contributed by atoms with Crippen LogP contribution in [-0.2, 0) is 0 Å². The SMILES string of the molecule is COc1ccc(NC(=O)Nc2cncc(Cl)c2)cn1. The van der Waals surface area contributed by atoms with Crippen LogP contribution in [0.3, 0.4) is 0 Å². The number of amides is 2. The fourth-order valence-corrected chi connectivity index (χ4v) is 1.52. The molecule has 0 atom stereocenters. The molecule has 0 aliphatic carbocycles. The van der Waals surface area contributed by atoms with Gasteiger partial charge in [-0.1, -0.05) is 11.6 Å². The fraction of sp³-hybridized carbons (Fsp3) is 0.0833. The maximum Gasteiger partial charge on any atom is 0.323 e. The van der Waals surface area contributed by atoms with Crippen molar-refractivity contribution >= 4 is 29.0 Å². The van der Waals surface area contributed by atoms with E-state index in [4.69, 9.17) is 16.3 Å². The van der Waals surface area contributed by atoms with Crippen LogP contribution >= 0.6 is 11.6 Å². The molecule has 0 radical (unpaired) electrons. The third kappa shape index (κ3) is 3.82. The number of methoxy groups -OCH3 is 1. The minimum Gasteiger partial charge on any atom is -0.481 e. The van der Waals surface area contributed by atoms with E-state index >= 15 is 0 Å². The number of nitrogens with one attached hydrogen (secondary N) is 2. The summed E-state index contributed by atoms with van der Waals surface area (Å²) in [7, 11) is 1.52. The summed E-state index contributed by atoms with van der Waals surface area (Å²) in [5.41, 5.74) is 1.06. The topological polar surface area (TPSA) is 76.1 Å². The Morgan fingerprint density at radius 2 is 2.00 bits per heavy atom. The molecule has 2 rings (SSSR count). The van der Waals surface area contributed by atoms with E-state index in [0.29, 0.717) is 22.3 Å². The molecule has 0 saturated carbocycles. The highest BCUT2D eigenvalue weighted by atomic mass is 35.5. The lowest BCUT2D eigenvalue weighted by Gasteiger charge is -2.07. The molecule has 0 aromatic carbocycles. The van der Waals surface area contributed by atoms with Crippen LogP contribution in [0, 0.1) is 0 Å². The van der Waals surface area contributed by atoms with Crippen molar-refractivity contribution < 1.29 is 9.53 Å². The van der Waals surface area contributed by atoms with Crippen molar-refractivity contribution in [1.29, 1.82) is 0 Å². The summed E-state index contributed by atoms with van der Waals surface area (Å²) in [6.45, 7) is 0. The van der Waals surface area contributed by atoms with Crippen LogP contribution in [0.15, 0.2) is 36.8 Å². The second-order valence-corrected chi connectivity index (χ2v) is 4.00. The minimum absolute atomic E-state index is 0.406. The van der Waals surface area contributed by atoms with Gasteiger partial charge in [0.2, 0.25) is 5.88 Å². The van der Waals surface area contributed by atoms with Gasteiger partial charge in [-0.05, 0) is 12.1 Å². The number of anilines is 2. The van der Waals surface area contributed by atoms with Gasteiger partial charge in [0.15, 0.2) is 0 Å². The maximum absolute atomic E-state index is 11.7. The number of ether oxygens (including phenoxy) is 1. The van der Waals surface area contributed by atoms with Gasteiger partial charge in [-0.15, -0.1) is 0 Å². The minimum atomic E-state index is -0.406. The molecule has 0 aliphatic heterocycles. The second kappa shape index (κ2) is 6.01. The molecule has 98 valence electrons. The van der Waals surface area contributed by atoms with Crippen LogP contribution in [0.2, 0.25) is 5.02 Å². The second-order valence-electron chi connectivity index (χ2n) is 3.56. The normalized spacial score (nSPS) is 9.79. The fourth-order valence-electron chi connectivity index (χ4n) is 1.35.